The summed E-state index contributed by atoms with van der Waals surface area (Å²) in [5.74, 6) is 1.44. The third-order valence-electron chi connectivity index (χ3n) is 3.81. The summed E-state index contributed by atoms with van der Waals surface area (Å²) >= 11 is 0. The fraction of sp³-hybridized carbons (Fsp3) is 0.444. The van der Waals surface area contributed by atoms with Crippen molar-refractivity contribution < 1.29 is 9.47 Å². The van der Waals surface area contributed by atoms with Gasteiger partial charge in [-0.3, -0.25) is 4.99 Å². The summed E-state index contributed by atoms with van der Waals surface area (Å²) in [5.41, 5.74) is 2.29. The van der Waals surface area contributed by atoms with E-state index in [0.29, 0.717) is 25.6 Å². The van der Waals surface area contributed by atoms with Crippen molar-refractivity contribution in [3.63, 3.8) is 0 Å². The number of guanidine groups is 1. The van der Waals surface area contributed by atoms with Crippen LogP contribution in [-0.4, -0.2) is 54.8 Å². The molecule has 0 saturated heterocycles. The van der Waals surface area contributed by atoms with Crippen molar-refractivity contribution in [2.24, 2.45) is 12.0 Å². The van der Waals surface area contributed by atoms with E-state index in [0.717, 1.165) is 18.1 Å². The Bertz CT molecular complexity index is 672. The van der Waals surface area contributed by atoms with Gasteiger partial charge in [0, 0.05) is 59.0 Å². The van der Waals surface area contributed by atoms with Crippen LogP contribution >= 0.6 is 24.0 Å². The van der Waals surface area contributed by atoms with E-state index in [1.165, 1.54) is 5.69 Å². The molecule has 0 aliphatic carbocycles. The van der Waals surface area contributed by atoms with Gasteiger partial charge in [-0.25, -0.2) is 4.98 Å². The first-order valence-corrected chi connectivity index (χ1v) is 8.22. The van der Waals surface area contributed by atoms with E-state index >= 15 is 0 Å². The van der Waals surface area contributed by atoms with Crippen molar-refractivity contribution in [2.75, 3.05) is 34.4 Å². The van der Waals surface area contributed by atoms with E-state index < -0.39 is 0 Å². The Hall–Kier alpha value is -1.81. The number of aryl methyl sites for hydroxylation is 1. The lowest BCUT2D eigenvalue weighted by Crippen LogP contribution is -2.38. The molecule has 0 amide bonds. The van der Waals surface area contributed by atoms with Crippen LogP contribution in [0.3, 0.4) is 0 Å². The van der Waals surface area contributed by atoms with Gasteiger partial charge in [0.05, 0.1) is 13.2 Å². The van der Waals surface area contributed by atoms with Crippen LogP contribution in [0, 0.1) is 0 Å². The summed E-state index contributed by atoms with van der Waals surface area (Å²) in [6.45, 7) is 2.48. The van der Waals surface area contributed by atoms with Gasteiger partial charge in [-0.1, -0.05) is 6.07 Å². The molecule has 2 aromatic heterocycles. The number of ether oxygens (including phenoxy) is 2. The molecular weight excluding hydrogens is 445 g/mol. The SMILES string of the molecule is CN=C(NCc1ccc(OCCOC)nc1)N(C)Cc1cccn1C.I. The van der Waals surface area contributed by atoms with Crippen LogP contribution in [0.4, 0.5) is 0 Å². The topological polar surface area (TPSA) is 63.9 Å². The van der Waals surface area contributed by atoms with Gasteiger partial charge in [0.1, 0.15) is 6.61 Å². The molecule has 2 heterocycles. The number of hydrogen-bond acceptors (Lipinski definition) is 4. The van der Waals surface area contributed by atoms with Gasteiger partial charge in [-0.2, -0.15) is 0 Å². The maximum absolute atomic E-state index is 5.47. The van der Waals surface area contributed by atoms with E-state index in [9.17, 15) is 0 Å². The van der Waals surface area contributed by atoms with Crippen molar-refractivity contribution in [2.45, 2.75) is 13.1 Å². The van der Waals surface area contributed by atoms with E-state index in [-0.39, 0.29) is 24.0 Å². The minimum absolute atomic E-state index is 0. The van der Waals surface area contributed by atoms with Crippen molar-refractivity contribution in [3.05, 3.63) is 47.9 Å². The molecule has 1 N–H and O–H groups in total. The second-order valence-electron chi connectivity index (χ2n) is 5.71. The molecule has 0 saturated carbocycles. The van der Waals surface area contributed by atoms with Gasteiger partial charge in [-0.05, 0) is 17.7 Å². The number of aromatic nitrogens is 2. The largest absolute Gasteiger partial charge is 0.475 e. The molecule has 0 fully saturated rings. The van der Waals surface area contributed by atoms with Crippen LogP contribution in [-0.2, 0) is 24.9 Å². The number of nitrogens with one attached hydrogen (secondary N) is 1. The first kappa shape index (κ1) is 22.2. The summed E-state index contributed by atoms with van der Waals surface area (Å²) < 4.78 is 12.5. The van der Waals surface area contributed by atoms with Gasteiger partial charge < -0.3 is 24.3 Å². The number of pyridine rings is 1. The highest BCUT2D eigenvalue weighted by Gasteiger charge is 2.08. The third-order valence-corrected chi connectivity index (χ3v) is 3.81. The normalized spacial score (nSPS) is 11.0. The molecule has 0 aliphatic rings. The van der Waals surface area contributed by atoms with Crippen molar-refractivity contribution >= 4 is 29.9 Å². The predicted octanol–water partition coefficient (Wildman–Crippen LogP) is 2.27. The summed E-state index contributed by atoms with van der Waals surface area (Å²) in [6.07, 6.45) is 3.85. The molecule has 2 aromatic rings. The van der Waals surface area contributed by atoms with Crippen LogP contribution in [0.15, 0.2) is 41.7 Å². The molecular formula is C18H28IN5O2. The molecule has 0 unspecified atom stereocenters. The van der Waals surface area contributed by atoms with Gasteiger partial charge >= 0.3 is 0 Å². The zero-order valence-corrected chi connectivity index (χ0v) is 18.1. The van der Waals surface area contributed by atoms with Gasteiger partial charge in [0.25, 0.3) is 0 Å². The minimum atomic E-state index is 0. The van der Waals surface area contributed by atoms with Crippen LogP contribution in [0.2, 0.25) is 0 Å². The highest BCUT2D eigenvalue weighted by atomic mass is 127. The molecule has 7 nitrogen and oxygen atoms in total. The maximum atomic E-state index is 5.47. The standard InChI is InChI=1S/C18H27N5O2.HI/c1-19-18(23(3)14-16-6-5-9-22(16)2)21-13-15-7-8-17(20-12-15)25-11-10-24-4;/h5-9,12H,10-11,13-14H2,1-4H3,(H,19,21);1H. The van der Waals surface area contributed by atoms with Crippen molar-refractivity contribution in [3.8, 4) is 5.88 Å². The zero-order valence-electron chi connectivity index (χ0n) is 15.8. The molecule has 26 heavy (non-hydrogen) atoms. The fourth-order valence-electron chi connectivity index (χ4n) is 2.37. The van der Waals surface area contributed by atoms with Crippen LogP contribution in [0.5, 0.6) is 5.88 Å². The Morgan fingerprint density at radius 3 is 2.69 bits per heavy atom. The molecule has 0 aromatic carbocycles. The van der Waals surface area contributed by atoms with E-state index in [1.54, 1.807) is 20.4 Å². The molecule has 0 atom stereocenters. The number of halogens is 1. The highest BCUT2D eigenvalue weighted by molar-refractivity contribution is 14.0. The zero-order chi connectivity index (χ0) is 18.1. The van der Waals surface area contributed by atoms with Crippen LogP contribution in [0.25, 0.3) is 0 Å². The summed E-state index contributed by atoms with van der Waals surface area (Å²) in [7, 11) is 7.50. The van der Waals surface area contributed by atoms with Crippen LogP contribution in [0.1, 0.15) is 11.3 Å². The lowest BCUT2D eigenvalue weighted by molar-refractivity contribution is 0.143. The number of rotatable bonds is 8. The Labute approximate surface area is 172 Å². The number of hydrogen-bond donors (Lipinski definition) is 1. The predicted molar refractivity (Wildman–Crippen MR) is 114 cm³/mol. The second-order valence-corrected chi connectivity index (χ2v) is 5.71. The van der Waals surface area contributed by atoms with Crippen molar-refractivity contribution in [1.29, 1.82) is 0 Å². The lowest BCUT2D eigenvalue weighted by Gasteiger charge is -2.22. The smallest absolute Gasteiger partial charge is 0.213 e. The molecule has 144 valence electrons. The Morgan fingerprint density at radius 1 is 1.31 bits per heavy atom. The van der Waals surface area contributed by atoms with Gasteiger partial charge in [-0.15, -0.1) is 24.0 Å². The Kier molecular flexibility index (Phi) is 10.0. The van der Waals surface area contributed by atoms with Gasteiger partial charge in [0.2, 0.25) is 5.88 Å². The molecule has 8 heteroatoms. The first-order chi connectivity index (χ1) is 12.1. The molecule has 0 bridgehead atoms. The average Bonchev–Trinajstić information content (AvgIpc) is 3.02. The number of aliphatic imine (C=N–C) groups is 1. The number of nitrogens with zero attached hydrogens (tertiary/aromatic N) is 4. The molecule has 0 radical (unpaired) electrons. The Balaban J connectivity index is 0.00000338. The van der Waals surface area contributed by atoms with E-state index in [2.05, 4.69) is 30.8 Å². The monoisotopic (exact) mass is 473 g/mol. The fourth-order valence-corrected chi connectivity index (χ4v) is 2.37. The third kappa shape index (κ3) is 6.83. The molecule has 0 spiro atoms. The maximum Gasteiger partial charge on any atom is 0.213 e. The van der Waals surface area contributed by atoms with Gasteiger partial charge in [0.15, 0.2) is 5.96 Å². The molecule has 0 aliphatic heterocycles. The second kappa shape index (κ2) is 11.7. The average molecular weight is 473 g/mol. The minimum Gasteiger partial charge on any atom is -0.475 e. The van der Waals surface area contributed by atoms with Crippen molar-refractivity contribution in [1.82, 2.24) is 19.8 Å². The molecule has 2 rings (SSSR count). The summed E-state index contributed by atoms with van der Waals surface area (Å²) in [5, 5.41) is 3.35. The number of methoxy groups -OCH3 is 1. The lowest BCUT2D eigenvalue weighted by atomic mass is 10.3. The van der Waals surface area contributed by atoms with E-state index in [4.69, 9.17) is 9.47 Å². The quantitative estimate of drug-likeness (QED) is 0.276. The Morgan fingerprint density at radius 2 is 2.12 bits per heavy atom. The summed E-state index contributed by atoms with van der Waals surface area (Å²) in [4.78, 5) is 10.7. The highest BCUT2D eigenvalue weighted by Crippen LogP contribution is 2.08. The first-order valence-electron chi connectivity index (χ1n) is 8.22. The van der Waals surface area contributed by atoms with E-state index in [1.807, 2.05) is 38.5 Å². The summed E-state index contributed by atoms with van der Waals surface area (Å²) in [6, 6.07) is 8.01. The van der Waals surface area contributed by atoms with Crippen LogP contribution < -0.4 is 10.1 Å².